The zero-order chi connectivity index (χ0) is 12.4. The van der Waals surface area contributed by atoms with Crippen LogP contribution in [0.15, 0.2) is 18.2 Å². The summed E-state index contributed by atoms with van der Waals surface area (Å²) in [4.78, 5) is 11.6. The van der Waals surface area contributed by atoms with E-state index in [9.17, 15) is 4.79 Å². The summed E-state index contributed by atoms with van der Waals surface area (Å²) in [7, 11) is 1.71. The van der Waals surface area contributed by atoms with E-state index in [4.69, 9.17) is 4.74 Å². The fourth-order valence-electron chi connectivity index (χ4n) is 2.70. The molecule has 2 atom stereocenters. The van der Waals surface area contributed by atoms with Gasteiger partial charge in [0.2, 0.25) is 0 Å². The highest BCUT2D eigenvalue weighted by atomic mass is 16.5. The van der Waals surface area contributed by atoms with Crippen LogP contribution in [0.2, 0.25) is 0 Å². The molecule has 0 amide bonds. The van der Waals surface area contributed by atoms with Crippen LogP contribution in [-0.2, 0) is 11.2 Å². The molecule has 0 aromatic heterocycles. The Bertz CT molecular complexity index is 423. The van der Waals surface area contributed by atoms with Crippen LogP contribution in [-0.4, -0.2) is 12.9 Å². The molecule has 0 spiro atoms. The maximum atomic E-state index is 11.6. The quantitative estimate of drug-likeness (QED) is 0.800. The number of carbonyl (C=O) groups is 1. The minimum absolute atomic E-state index is 0.209. The molecule has 2 unspecified atom stereocenters. The first-order valence-electron chi connectivity index (χ1n) is 6.28. The minimum Gasteiger partial charge on any atom is -0.496 e. The van der Waals surface area contributed by atoms with Crippen LogP contribution in [0.4, 0.5) is 0 Å². The van der Waals surface area contributed by atoms with E-state index in [1.165, 1.54) is 11.1 Å². The van der Waals surface area contributed by atoms with Crippen LogP contribution < -0.4 is 4.74 Å². The van der Waals surface area contributed by atoms with E-state index >= 15 is 0 Å². The van der Waals surface area contributed by atoms with Gasteiger partial charge in [0.1, 0.15) is 11.5 Å². The molecule has 0 saturated heterocycles. The number of carbonyl (C=O) groups excluding carboxylic acids is 1. The summed E-state index contributed by atoms with van der Waals surface area (Å²) in [5.74, 6) is 2.06. The molecule has 0 aliphatic heterocycles. The molecule has 1 saturated carbocycles. The molecule has 2 nitrogen and oxygen atoms in total. The number of rotatable bonds is 3. The van der Waals surface area contributed by atoms with Gasteiger partial charge in [-0.2, -0.15) is 0 Å². The molecule has 0 heterocycles. The van der Waals surface area contributed by atoms with Crippen LogP contribution in [0.25, 0.3) is 0 Å². The van der Waals surface area contributed by atoms with Crippen molar-refractivity contribution in [3.8, 4) is 5.75 Å². The van der Waals surface area contributed by atoms with Crippen molar-refractivity contribution in [1.29, 1.82) is 0 Å². The second-order valence-corrected chi connectivity index (χ2v) is 5.07. The molecule has 1 aliphatic rings. The minimum atomic E-state index is 0.209. The zero-order valence-electron chi connectivity index (χ0n) is 10.8. The lowest BCUT2D eigenvalue weighted by molar-refractivity contribution is -0.120. The van der Waals surface area contributed by atoms with Gasteiger partial charge in [0.15, 0.2) is 0 Å². The van der Waals surface area contributed by atoms with Crippen LogP contribution in [0.1, 0.15) is 30.9 Å². The first kappa shape index (κ1) is 12.2. The number of benzene rings is 1. The standard InChI is InChI=1S/C15H20O2/c1-10-4-7-15(17-3)13(8-10)9-12-5-6-14(16)11(12)2/h4,7-8,11-12H,5-6,9H2,1-3H3. The molecular weight excluding hydrogens is 212 g/mol. The van der Waals surface area contributed by atoms with Crippen LogP contribution in [0.5, 0.6) is 5.75 Å². The van der Waals surface area contributed by atoms with Gasteiger partial charge in [0.25, 0.3) is 0 Å². The first-order valence-corrected chi connectivity index (χ1v) is 6.28. The maximum absolute atomic E-state index is 11.6. The van der Waals surface area contributed by atoms with Gasteiger partial charge in [-0.25, -0.2) is 0 Å². The molecule has 0 radical (unpaired) electrons. The third-order valence-electron chi connectivity index (χ3n) is 3.89. The second-order valence-electron chi connectivity index (χ2n) is 5.07. The van der Waals surface area contributed by atoms with Crippen molar-refractivity contribution in [1.82, 2.24) is 0 Å². The molecule has 0 bridgehead atoms. The van der Waals surface area contributed by atoms with E-state index in [1.54, 1.807) is 7.11 Å². The highest BCUT2D eigenvalue weighted by Gasteiger charge is 2.31. The van der Waals surface area contributed by atoms with Gasteiger partial charge in [-0.3, -0.25) is 4.79 Å². The van der Waals surface area contributed by atoms with Gasteiger partial charge in [0, 0.05) is 12.3 Å². The maximum Gasteiger partial charge on any atom is 0.135 e. The van der Waals surface area contributed by atoms with E-state index in [0.717, 1.165) is 25.0 Å². The summed E-state index contributed by atoms with van der Waals surface area (Å²) >= 11 is 0. The van der Waals surface area contributed by atoms with Gasteiger partial charge in [-0.15, -0.1) is 0 Å². The normalized spacial score (nSPS) is 24.1. The summed E-state index contributed by atoms with van der Waals surface area (Å²) < 4.78 is 5.39. The summed E-state index contributed by atoms with van der Waals surface area (Å²) in [5, 5.41) is 0. The molecule has 1 aliphatic carbocycles. The van der Waals surface area contributed by atoms with Crippen molar-refractivity contribution >= 4 is 5.78 Å². The number of methoxy groups -OCH3 is 1. The Kier molecular flexibility index (Phi) is 3.51. The Morgan fingerprint density at radius 3 is 2.76 bits per heavy atom. The topological polar surface area (TPSA) is 26.3 Å². The van der Waals surface area contributed by atoms with Gasteiger partial charge >= 0.3 is 0 Å². The van der Waals surface area contributed by atoms with Gasteiger partial charge in [-0.1, -0.05) is 24.6 Å². The smallest absolute Gasteiger partial charge is 0.135 e. The predicted molar refractivity (Wildman–Crippen MR) is 68.3 cm³/mol. The van der Waals surface area contributed by atoms with Crippen LogP contribution >= 0.6 is 0 Å². The molecule has 1 fully saturated rings. The molecule has 1 aromatic carbocycles. The van der Waals surface area contributed by atoms with Crippen molar-refractivity contribution in [2.45, 2.75) is 33.1 Å². The molecule has 17 heavy (non-hydrogen) atoms. The fraction of sp³-hybridized carbons (Fsp3) is 0.533. The molecular formula is C15H20O2. The number of ketones is 1. The number of hydrogen-bond donors (Lipinski definition) is 0. The van der Waals surface area contributed by atoms with Gasteiger partial charge in [-0.05, 0) is 37.3 Å². The van der Waals surface area contributed by atoms with Crippen molar-refractivity contribution in [3.05, 3.63) is 29.3 Å². The lowest BCUT2D eigenvalue weighted by atomic mass is 9.90. The first-order chi connectivity index (χ1) is 8.11. The lowest BCUT2D eigenvalue weighted by Gasteiger charge is -2.16. The average molecular weight is 232 g/mol. The molecule has 0 N–H and O–H groups in total. The SMILES string of the molecule is COc1ccc(C)cc1CC1CCC(=O)C1C. The van der Waals surface area contributed by atoms with Crippen molar-refractivity contribution in [2.75, 3.05) is 7.11 Å². The molecule has 1 aromatic rings. The average Bonchev–Trinajstić information content (AvgIpc) is 2.61. The summed E-state index contributed by atoms with van der Waals surface area (Å²) in [6, 6.07) is 6.26. The summed E-state index contributed by atoms with van der Waals surface area (Å²) in [6.45, 7) is 4.15. The third-order valence-corrected chi connectivity index (χ3v) is 3.89. The largest absolute Gasteiger partial charge is 0.496 e. The Morgan fingerprint density at radius 1 is 1.41 bits per heavy atom. The van der Waals surface area contributed by atoms with Gasteiger partial charge < -0.3 is 4.74 Å². The highest BCUT2D eigenvalue weighted by molar-refractivity contribution is 5.83. The predicted octanol–water partition coefficient (Wildman–Crippen LogP) is 3.16. The fourth-order valence-corrected chi connectivity index (χ4v) is 2.70. The Morgan fingerprint density at radius 2 is 2.18 bits per heavy atom. The molecule has 2 rings (SSSR count). The van der Waals surface area contributed by atoms with E-state index < -0.39 is 0 Å². The Labute approximate surface area is 103 Å². The molecule has 2 heteroatoms. The van der Waals surface area contributed by atoms with Crippen LogP contribution in [0.3, 0.4) is 0 Å². The molecule has 92 valence electrons. The van der Waals surface area contributed by atoms with E-state index in [-0.39, 0.29) is 5.92 Å². The van der Waals surface area contributed by atoms with Crippen molar-refractivity contribution in [2.24, 2.45) is 11.8 Å². The lowest BCUT2D eigenvalue weighted by Crippen LogP contribution is -2.13. The number of aryl methyl sites for hydroxylation is 1. The number of ether oxygens (including phenoxy) is 1. The zero-order valence-corrected chi connectivity index (χ0v) is 10.8. The van der Waals surface area contributed by atoms with Crippen LogP contribution in [0, 0.1) is 18.8 Å². The summed E-state index contributed by atoms with van der Waals surface area (Å²) in [5.41, 5.74) is 2.48. The summed E-state index contributed by atoms with van der Waals surface area (Å²) in [6.07, 6.45) is 2.73. The number of hydrogen-bond acceptors (Lipinski definition) is 2. The number of Topliss-reactive ketones (excluding diaryl/α,β-unsaturated/α-hetero) is 1. The van der Waals surface area contributed by atoms with E-state index in [1.807, 2.05) is 6.07 Å². The third kappa shape index (κ3) is 2.51. The van der Waals surface area contributed by atoms with E-state index in [0.29, 0.717) is 11.7 Å². The highest BCUT2D eigenvalue weighted by Crippen LogP contribution is 2.33. The second kappa shape index (κ2) is 4.91. The Hall–Kier alpha value is -1.31. The van der Waals surface area contributed by atoms with Crippen molar-refractivity contribution in [3.63, 3.8) is 0 Å². The monoisotopic (exact) mass is 232 g/mol. The van der Waals surface area contributed by atoms with E-state index in [2.05, 4.69) is 26.0 Å². The Balaban J connectivity index is 2.18. The van der Waals surface area contributed by atoms with Gasteiger partial charge in [0.05, 0.1) is 7.11 Å². The van der Waals surface area contributed by atoms with Crippen molar-refractivity contribution < 1.29 is 9.53 Å².